The molecule has 0 atom stereocenters. The third-order valence-electron chi connectivity index (χ3n) is 3.84. The lowest BCUT2D eigenvalue weighted by molar-refractivity contribution is 0.102. The molecular formula is C18H17N3O6. The molecule has 27 heavy (non-hydrogen) atoms. The van der Waals surface area contributed by atoms with Gasteiger partial charge in [-0.3, -0.25) is 14.2 Å². The fourth-order valence-corrected chi connectivity index (χ4v) is 2.49. The lowest BCUT2D eigenvalue weighted by atomic mass is 10.2. The van der Waals surface area contributed by atoms with Crippen molar-refractivity contribution in [2.75, 3.05) is 19.5 Å². The predicted octanol–water partition coefficient (Wildman–Crippen LogP) is 1.45. The predicted molar refractivity (Wildman–Crippen MR) is 96.6 cm³/mol. The first kappa shape index (κ1) is 18.1. The van der Waals surface area contributed by atoms with Crippen molar-refractivity contribution in [3.63, 3.8) is 0 Å². The zero-order chi connectivity index (χ0) is 19.4. The molecule has 0 saturated carbocycles. The molecule has 0 aliphatic heterocycles. The molecule has 3 aromatic rings. The van der Waals surface area contributed by atoms with Crippen molar-refractivity contribution in [1.29, 1.82) is 0 Å². The van der Waals surface area contributed by atoms with Crippen LogP contribution >= 0.6 is 0 Å². The van der Waals surface area contributed by atoms with Gasteiger partial charge in [0.05, 0.1) is 27.0 Å². The third kappa shape index (κ3) is 3.76. The number of aromatic nitrogens is 2. The molecule has 1 aromatic carbocycles. The number of nitrogens with zero attached hydrogens (tertiary/aromatic N) is 1. The summed E-state index contributed by atoms with van der Waals surface area (Å²) in [5.41, 5.74) is -1.18. The second-order valence-corrected chi connectivity index (χ2v) is 5.50. The average Bonchev–Trinajstić information content (AvgIpc) is 3.18. The van der Waals surface area contributed by atoms with Crippen molar-refractivity contribution in [2.45, 2.75) is 6.54 Å². The van der Waals surface area contributed by atoms with E-state index in [-0.39, 0.29) is 12.1 Å². The van der Waals surface area contributed by atoms with Gasteiger partial charge in [-0.05, 0) is 24.3 Å². The van der Waals surface area contributed by atoms with Gasteiger partial charge in [0.25, 0.3) is 11.5 Å². The van der Waals surface area contributed by atoms with E-state index in [9.17, 15) is 14.4 Å². The first-order chi connectivity index (χ1) is 13.0. The van der Waals surface area contributed by atoms with Gasteiger partial charge in [0.1, 0.15) is 11.3 Å². The molecule has 0 bridgehead atoms. The summed E-state index contributed by atoms with van der Waals surface area (Å²) < 4.78 is 16.4. The van der Waals surface area contributed by atoms with Crippen LogP contribution in [-0.2, 0) is 6.54 Å². The average molecular weight is 371 g/mol. The van der Waals surface area contributed by atoms with Crippen molar-refractivity contribution < 1.29 is 18.7 Å². The lowest BCUT2D eigenvalue weighted by Gasteiger charge is -2.11. The number of amides is 1. The summed E-state index contributed by atoms with van der Waals surface area (Å²) in [6, 6.07) is 8.05. The molecule has 0 spiro atoms. The molecule has 0 fully saturated rings. The van der Waals surface area contributed by atoms with E-state index in [2.05, 4.69) is 10.3 Å². The molecule has 9 nitrogen and oxygen atoms in total. The minimum Gasteiger partial charge on any atom is -0.493 e. The monoisotopic (exact) mass is 371 g/mol. The van der Waals surface area contributed by atoms with Crippen LogP contribution in [0.15, 0.2) is 56.8 Å². The number of H-pyrrole nitrogens is 1. The van der Waals surface area contributed by atoms with Gasteiger partial charge in [-0.2, -0.15) is 0 Å². The first-order valence-electron chi connectivity index (χ1n) is 7.91. The summed E-state index contributed by atoms with van der Waals surface area (Å²) in [4.78, 5) is 39.4. The molecule has 3 rings (SSSR count). The van der Waals surface area contributed by atoms with Crippen LogP contribution in [0.3, 0.4) is 0 Å². The molecule has 0 aliphatic rings. The molecule has 0 unspecified atom stereocenters. The highest BCUT2D eigenvalue weighted by Crippen LogP contribution is 2.29. The van der Waals surface area contributed by atoms with Gasteiger partial charge >= 0.3 is 5.69 Å². The Morgan fingerprint density at radius 3 is 2.63 bits per heavy atom. The van der Waals surface area contributed by atoms with Gasteiger partial charge in [-0.15, -0.1) is 0 Å². The molecule has 2 heterocycles. The maximum atomic E-state index is 12.6. The highest BCUT2D eigenvalue weighted by Gasteiger charge is 2.16. The van der Waals surface area contributed by atoms with Gasteiger partial charge < -0.3 is 24.2 Å². The van der Waals surface area contributed by atoms with Crippen LogP contribution in [0.25, 0.3) is 0 Å². The summed E-state index contributed by atoms with van der Waals surface area (Å²) in [6.07, 6.45) is 2.52. The number of furan rings is 1. The highest BCUT2D eigenvalue weighted by atomic mass is 16.5. The molecule has 0 saturated heterocycles. The standard InChI is InChI=1S/C18H17N3O6/c1-25-14-6-5-11(8-15(14)26-2)20-16(22)13-9-19-18(24)21(17(13)23)10-12-4-3-7-27-12/h3-9H,10H2,1-2H3,(H,19,24)(H,20,22). The van der Waals surface area contributed by atoms with Crippen LogP contribution in [0.2, 0.25) is 0 Å². The minimum absolute atomic E-state index is 0.0847. The highest BCUT2D eigenvalue weighted by molar-refractivity contribution is 6.03. The van der Waals surface area contributed by atoms with Gasteiger partial charge in [-0.1, -0.05) is 0 Å². The van der Waals surface area contributed by atoms with Crippen LogP contribution in [0.4, 0.5) is 5.69 Å². The molecule has 0 radical (unpaired) electrons. The largest absolute Gasteiger partial charge is 0.493 e. The fourth-order valence-electron chi connectivity index (χ4n) is 2.49. The van der Waals surface area contributed by atoms with Crippen molar-refractivity contribution in [2.24, 2.45) is 0 Å². The Kier molecular flexibility index (Phi) is 5.11. The molecule has 1 amide bonds. The number of hydrogen-bond acceptors (Lipinski definition) is 6. The Labute approximate surface area is 153 Å². The minimum atomic E-state index is -0.729. The van der Waals surface area contributed by atoms with Crippen molar-refractivity contribution >= 4 is 11.6 Å². The van der Waals surface area contributed by atoms with Crippen molar-refractivity contribution in [3.05, 3.63) is 75.0 Å². The van der Waals surface area contributed by atoms with E-state index in [0.29, 0.717) is 22.9 Å². The summed E-state index contributed by atoms with van der Waals surface area (Å²) in [7, 11) is 2.97. The van der Waals surface area contributed by atoms with Gasteiger partial charge in [0, 0.05) is 18.0 Å². The number of ether oxygens (including phenoxy) is 2. The van der Waals surface area contributed by atoms with E-state index in [1.807, 2.05) is 0 Å². The van der Waals surface area contributed by atoms with Crippen LogP contribution in [0, 0.1) is 0 Å². The summed E-state index contributed by atoms with van der Waals surface area (Å²) >= 11 is 0. The zero-order valence-electron chi connectivity index (χ0n) is 14.6. The molecule has 2 aromatic heterocycles. The van der Waals surface area contributed by atoms with Crippen LogP contribution in [0.5, 0.6) is 11.5 Å². The van der Waals surface area contributed by atoms with E-state index in [1.165, 1.54) is 20.5 Å². The van der Waals surface area contributed by atoms with Crippen LogP contribution in [-0.4, -0.2) is 29.7 Å². The SMILES string of the molecule is COc1ccc(NC(=O)c2c[nH]c(=O)n(Cc3ccco3)c2=O)cc1OC. The van der Waals surface area contributed by atoms with E-state index in [0.717, 1.165) is 10.8 Å². The van der Waals surface area contributed by atoms with Gasteiger partial charge in [-0.25, -0.2) is 4.79 Å². The number of carbonyl (C=O) groups excluding carboxylic acids is 1. The molecule has 9 heteroatoms. The Bertz CT molecular complexity index is 1070. The number of methoxy groups -OCH3 is 2. The Morgan fingerprint density at radius 1 is 1.19 bits per heavy atom. The Hall–Kier alpha value is -3.75. The number of nitrogens with one attached hydrogen (secondary N) is 2. The second-order valence-electron chi connectivity index (χ2n) is 5.50. The van der Waals surface area contributed by atoms with E-state index in [4.69, 9.17) is 13.9 Å². The first-order valence-corrected chi connectivity index (χ1v) is 7.91. The maximum Gasteiger partial charge on any atom is 0.328 e. The number of benzene rings is 1. The van der Waals surface area contributed by atoms with E-state index >= 15 is 0 Å². The number of hydrogen-bond donors (Lipinski definition) is 2. The lowest BCUT2D eigenvalue weighted by Crippen LogP contribution is -2.39. The number of rotatable bonds is 6. The number of carbonyl (C=O) groups is 1. The van der Waals surface area contributed by atoms with E-state index < -0.39 is 17.2 Å². The van der Waals surface area contributed by atoms with E-state index in [1.54, 1.807) is 30.3 Å². The Balaban J connectivity index is 1.89. The van der Waals surface area contributed by atoms with Crippen molar-refractivity contribution in [1.82, 2.24) is 9.55 Å². The topological polar surface area (TPSA) is 116 Å². The van der Waals surface area contributed by atoms with Gasteiger partial charge in [0.15, 0.2) is 11.5 Å². The summed E-state index contributed by atoms with van der Waals surface area (Å²) in [5, 5.41) is 2.60. The quantitative estimate of drug-likeness (QED) is 0.678. The van der Waals surface area contributed by atoms with Crippen LogP contribution < -0.4 is 26.0 Å². The molecular weight excluding hydrogens is 354 g/mol. The van der Waals surface area contributed by atoms with Gasteiger partial charge in [0.2, 0.25) is 0 Å². The Morgan fingerprint density at radius 2 is 1.96 bits per heavy atom. The number of anilines is 1. The fraction of sp³-hybridized carbons (Fsp3) is 0.167. The zero-order valence-corrected chi connectivity index (χ0v) is 14.6. The third-order valence-corrected chi connectivity index (χ3v) is 3.84. The molecule has 140 valence electrons. The maximum absolute atomic E-state index is 12.6. The summed E-state index contributed by atoms with van der Waals surface area (Å²) in [6.45, 7) is -0.0847. The second kappa shape index (κ2) is 7.65. The smallest absolute Gasteiger partial charge is 0.328 e. The van der Waals surface area contributed by atoms with Crippen LogP contribution in [0.1, 0.15) is 16.1 Å². The molecule has 2 N–H and O–H groups in total. The summed E-state index contributed by atoms with van der Waals surface area (Å²) in [5.74, 6) is 0.670. The van der Waals surface area contributed by atoms with Crippen molar-refractivity contribution in [3.8, 4) is 11.5 Å². The molecule has 0 aliphatic carbocycles. The normalized spacial score (nSPS) is 10.4. The number of aromatic amines is 1.